The number of nitrogens with one attached hydrogen (secondary N) is 1. The summed E-state index contributed by atoms with van der Waals surface area (Å²) in [5, 5.41) is 7.90. The standard InChI is InChI=1S/C32H29N3O2/c1-2-24-16-18-30(19-17-24)37-23-25-10-9-13-27(20-25)32(36)33-21-28-22-35(29-14-7-4-8-15-29)34-31(28)26-11-5-3-6-12-26/h3-20,22H,2,21,23H2,1H3,(H,33,36). The van der Waals surface area contributed by atoms with Gasteiger partial charge in [0.1, 0.15) is 12.4 Å². The summed E-state index contributed by atoms with van der Waals surface area (Å²) in [6.45, 7) is 2.89. The van der Waals surface area contributed by atoms with Gasteiger partial charge in [-0.15, -0.1) is 0 Å². The molecule has 1 amide bonds. The van der Waals surface area contributed by atoms with Gasteiger partial charge in [-0.05, 0) is 53.9 Å². The third-order valence-electron chi connectivity index (χ3n) is 6.22. The molecule has 0 fully saturated rings. The lowest BCUT2D eigenvalue weighted by Gasteiger charge is -2.09. The molecule has 0 unspecified atom stereocenters. The van der Waals surface area contributed by atoms with Gasteiger partial charge in [-0.1, -0.05) is 79.7 Å². The first-order valence-electron chi connectivity index (χ1n) is 12.5. The minimum absolute atomic E-state index is 0.138. The van der Waals surface area contributed by atoms with E-state index in [0.717, 1.165) is 40.2 Å². The molecule has 0 bridgehead atoms. The van der Waals surface area contributed by atoms with Gasteiger partial charge in [0, 0.05) is 29.4 Å². The normalized spacial score (nSPS) is 10.7. The van der Waals surface area contributed by atoms with Gasteiger partial charge in [0.15, 0.2) is 0 Å². The molecule has 5 rings (SSSR count). The fraction of sp³-hybridized carbons (Fsp3) is 0.125. The summed E-state index contributed by atoms with van der Waals surface area (Å²) in [6.07, 6.45) is 2.98. The van der Waals surface area contributed by atoms with E-state index in [2.05, 4.69) is 24.4 Å². The number of para-hydroxylation sites is 1. The number of aromatic nitrogens is 2. The molecule has 0 aliphatic carbocycles. The lowest BCUT2D eigenvalue weighted by molar-refractivity contribution is 0.0951. The first-order chi connectivity index (χ1) is 18.2. The van der Waals surface area contributed by atoms with Crippen LogP contribution >= 0.6 is 0 Å². The van der Waals surface area contributed by atoms with Gasteiger partial charge in [-0.25, -0.2) is 4.68 Å². The van der Waals surface area contributed by atoms with E-state index in [4.69, 9.17) is 9.84 Å². The number of hydrogen-bond acceptors (Lipinski definition) is 3. The predicted molar refractivity (Wildman–Crippen MR) is 147 cm³/mol. The van der Waals surface area contributed by atoms with Crippen molar-refractivity contribution in [1.82, 2.24) is 15.1 Å². The number of nitrogens with zero attached hydrogens (tertiary/aromatic N) is 2. The van der Waals surface area contributed by atoms with Gasteiger partial charge < -0.3 is 10.1 Å². The van der Waals surface area contributed by atoms with Gasteiger partial charge in [0.05, 0.1) is 11.4 Å². The van der Waals surface area contributed by atoms with E-state index in [0.29, 0.717) is 18.7 Å². The maximum absolute atomic E-state index is 13.1. The van der Waals surface area contributed by atoms with Crippen molar-refractivity contribution in [2.45, 2.75) is 26.5 Å². The maximum atomic E-state index is 13.1. The molecule has 1 N–H and O–H groups in total. The van der Waals surface area contributed by atoms with Crippen molar-refractivity contribution >= 4 is 5.91 Å². The van der Waals surface area contributed by atoms with Crippen LogP contribution in [0.1, 0.15) is 34.0 Å². The lowest BCUT2D eigenvalue weighted by Crippen LogP contribution is -2.23. The summed E-state index contributed by atoms with van der Waals surface area (Å²) in [5.41, 5.74) is 6.57. The van der Waals surface area contributed by atoms with E-state index in [1.54, 1.807) is 0 Å². The zero-order valence-corrected chi connectivity index (χ0v) is 20.8. The zero-order chi connectivity index (χ0) is 25.5. The molecule has 1 aromatic heterocycles. The van der Waals surface area contributed by atoms with Crippen LogP contribution < -0.4 is 10.1 Å². The average molecular weight is 488 g/mol. The zero-order valence-electron chi connectivity index (χ0n) is 20.8. The first-order valence-corrected chi connectivity index (χ1v) is 12.5. The fourth-order valence-electron chi connectivity index (χ4n) is 4.16. The molecule has 37 heavy (non-hydrogen) atoms. The van der Waals surface area contributed by atoms with Crippen molar-refractivity contribution in [3.63, 3.8) is 0 Å². The summed E-state index contributed by atoms with van der Waals surface area (Å²) in [7, 11) is 0. The van der Waals surface area contributed by atoms with Crippen LogP contribution in [0.5, 0.6) is 5.75 Å². The molecule has 5 aromatic rings. The molecule has 4 aromatic carbocycles. The minimum Gasteiger partial charge on any atom is -0.489 e. The molecule has 0 radical (unpaired) electrons. The van der Waals surface area contributed by atoms with Gasteiger partial charge in [0.25, 0.3) is 5.91 Å². The Morgan fingerprint density at radius 1 is 0.838 bits per heavy atom. The van der Waals surface area contributed by atoms with E-state index < -0.39 is 0 Å². The highest BCUT2D eigenvalue weighted by molar-refractivity contribution is 5.94. The van der Waals surface area contributed by atoms with Crippen LogP contribution in [0.4, 0.5) is 0 Å². The summed E-state index contributed by atoms with van der Waals surface area (Å²) >= 11 is 0. The molecule has 184 valence electrons. The van der Waals surface area contributed by atoms with Crippen molar-refractivity contribution in [1.29, 1.82) is 0 Å². The third-order valence-corrected chi connectivity index (χ3v) is 6.22. The van der Waals surface area contributed by atoms with Crippen molar-refractivity contribution in [3.05, 3.63) is 138 Å². The number of hydrogen-bond donors (Lipinski definition) is 1. The smallest absolute Gasteiger partial charge is 0.251 e. The minimum atomic E-state index is -0.138. The fourth-order valence-corrected chi connectivity index (χ4v) is 4.16. The highest BCUT2D eigenvalue weighted by Crippen LogP contribution is 2.24. The van der Waals surface area contributed by atoms with E-state index in [-0.39, 0.29) is 5.91 Å². The highest BCUT2D eigenvalue weighted by atomic mass is 16.5. The molecule has 5 nitrogen and oxygen atoms in total. The van der Waals surface area contributed by atoms with Crippen LogP contribution in [0.25, 0.3) is 16.9 Å². The van der Waals surface area contributed by atoms with Crippen LogP contribution in [0.15, 0.2) is 115 Å². The second-order valence-electron chi connectivity index (χ2n) is 8.82. The molecule has 0 spiro atoms. The second kappa shape index (κ2) is 11.4. The Morgan fingerprint density at radius 2 is 1.57 bits per heavy atom. The van der Waals surface area contributed by atoms with Crippen LogP contribution in [0.3, 0.4) is 0 Å². The van der Waals surface area contributed by atoms with Crippen LogP contribution in [-0.4, -0.2) is 15.7 Å². The van der Waals surface area contributed by atoms with Crippen LogP contribution in [-0.2, 0) is 19.6 Å². The molecule has 0 aliphatic heterocycles. The third kappa shape index (κ3) is 5.96. The van der Waals surface area contributed by atoms with E-state index >= 15 is 0 Å². The molecular weight excluding hydrogens is 458 g/mol. The molecule has 5 heteroatoms. The summed E-state index contributed by atoms with van der Waals surface area (Å²) in [6, 6.07) is 35.6. The average Bonchev–Trinajstić information content (AvgIpc) is 3.40. The van der Waals surface area contributed by atoms with Gasteiger partial charge in [0.2, 0.25) is 0 Å². The Morgan fingerprint density at radius 3 is 2.30 bits per heavy atom. The second-order valence-corrected chi connectivity index (χ2v) is 8.82. The Hall–Kier alpha value is -4.64. The largest absolute Gasteiger partial charge is 0.489 e. The lowest BCUT2D eigenvalue weighted by atomic mass is 10.1. The topological polar surface area (TPSA) is 56.1 Å². The Kier molecular flexibility index (Phi) is 7.42. The maximum Gasteiger partial charge on any atom is 0.251 e. The monoisotopic (exact) mass is 487 g/mol. The first kappa shape index (κ1) is 24.1. The Labute approximate surface area is 217 Å². The van der Waals surface area contributed by atoms with Gasteiger partial charge >= 0.3 is 0 Å². The molecule has 0 saturated carbocycles. The number of carbonyl (C=O) groups excluding carboxylic acids is 1. The highest BCUT2D eigenvalue weighted by Gasteiger charge is 2.14. The van der Waals surface area contributed by atoms with Crippen LogP contribution in [0.2, 0.25) is 0 Å². The molecular formula is C32H29N3O2. The summed E-state index contributed by atoms with van der Waals surface area (Å²) in [5.74, 6) is 0.677. The van der Waals surface area contributed by atoms with Crippen LogP contribution in [0, 0.1) is 0 Å². The predicted octanol–water partition coefficient (Wildman–Crippen LogP) is 6.61. The molecule has 0 atom stereocenters. The van der Waals surface area contributed by atoms with Crippen molar-refractivity contribution in [3.8, 4) is 22.7 Å². The van der Waals surface area contributed by atoms with Crippen molar-refractivity contribution in [2.24, 2.45) is 0 Å². The molecule has 1 heterocycles. The number of rotatable bonds is 9. The quantitative estimate of drug-likeness (QED) is 0.254. The van der Waals surface area contributed by atoms with E-state index in [1.165, 1.54) is 5.56 Å². The summed E-state index contributed by atoms with van der Waals surface area (Å²) in [4.78, 5) is 13.1. The van der Waals surface area contributed by atoms with Crippen molar-refractivity contribution < 1.29 is 9.53 Å². The van der Waals surface area contributed by atoms with E-state index in [9.17, 15) is 4.79 Å². The molecule has 0 saturated heterocycles. The Balaban J connectivity index is 1.29. The molecule has 0 aliphatic rings. The van der Waals surface area contributed by atoms with E-state index in [1.807, 2.05) is 108 Å². The summed E-state index contributed by atoms with van der Waals surface area (Å²) < 4.78 is 7.78. The number of amides is 1. The number of carbonyl (C=O) groups is 1. The SMILES string of the molecule is CCc1ccc(OCc2cccc(C(=O)NCc3cn(-c4ccccc4)nc3-c3ccccc3)c2)cc1. The number of ether oxygens (including phenoxy) is 1. The Bertz CT molecular complexity index is 1460. The van der Waals surface area contributed by atoms with Crippen molar-refractivity contribution in [2.75, 3.05) is 0 Å². The number of benzene rings is 4. The van der Waals surface area contributed by atoms with Gasteiger partial charge in [-0.3, -0.25) is 4.79 Å². The van der Waals surface area contributed by atoms with Gasteiger partial charge in [-0.2, -0.15) is 5.10 Å². The number of aryl methyl sites for hydroxylation is 1.